The first-order valence-electron chi connectivity index (χ1n) is 21.9. The molecule has 0 amide bonds. The van der Waals surface area contributed by atoms with Gasteiger partial charge in [0.25, 0.3) is 0 Å². The lowest BCUT2D eigenvalue weighted by molar-refractivity contribution is 0.222. The molecule has 1 nitrogen and oxygen atoms in total. The Labute approximate surface area is 368 Å². The Morgan fingerprint density at radius 1 is 0.286 bits per heavy atom. The highest BCUT2D eigenvalue weighted by molar-refractivity contribution is 6.22. The van der Waals surface area contributed by atoms with Crippen molar-refractivity contribution in [1.29, 1.82) is 0 Å². The smallest absolute Gasteiger partial charge is 0.135 e. The van der Waals surface area contributed by atoms with Crippen molar-refractivity contribution in [1.82, 2.24) is 0 Å². The molecule has 0 fully saturated rings. The molecular formula is C62H42O. The van der Waals surface area contributed by atoms with Crippen molar-refractivity contribution < 1.29 is 4.74 Å². The summed E-state index contributed by atoms with van der Waals surface area (Å²) in [5, 5.41) is 7.46. The molecule has 0 saturated heterocycles. The Morgan fingerprint density at radius 3 is 1.56 bits per heavy atom. The topological polar surface area (TPSA) is 9.23 Å². The molecular weight excluding hydrogens is 761 g/mol. The maximum absolute atomic E-state index is 6.74. The van der Waals surface area contributed by atoms with Gasteiger partial charge in [-0.3, -0.25) is 0 Å². The number of benzene rings is 11. The molecule has 0 aliphatic carbocycles. The van der Waals surface area contributed by atoms with Crippen LogP contribution in [-0.2, 0) is 0 Å². The monoisotopic (exact) mass is 802 g/mol. The summed E-state index contributed by atoms with van der Waals surface area (Å²) in [4.78, 5) is 0. The van der Waals surface area contributed by atoms with E-state index in [9.17, 15) is 0 Å². The minimum atomic E-state index is -0.0905. The third-order valence-corrected chi connectivity index (χ3v) is 13.1. The van der Waals surface area contributed by atoms with E-state index in [1.165, 1.54) is 105 Å². The van der Waals surface area contributed by atoms with Gasteiger partial charge in [0.05, 0.1) is 5.92 Å². The van der Waals surface area contributed by atoms with Crippen molar-refractivity contribution in [2.45, 2.75) is 12.0 Å². The molecule has 12 rings (SSSR count). The Bertz CT molecular complexity index is 3460. The van der Waals surface area contributed by atoms with Gasteiger partial charge in [-0.2, -0.15) is 0 Å². The third-order valence-electron chi connectivity index (χ3n) is 13.1. The molecule has 2 atom stereocenters. The lowest BCUT2D eigenvalue weighted by Crippen LogP contribution is -2.11. The molecule has 0 N–H and O–H groups in total. The highest BCUT2D eigenvalue weighted by atomic mass is 16.5. The van der Waals surface area contributed by atoms with Gasteiger partial charge < -0.3 is 4.74 Å². The van der Waals surface area contributed by atoms with Gasteiger partial charge in [0.15, 0.2) is 0 Å². The summed E-state index contributed by atoms with van der Waals surface area (Å²) in [6.07, 6.45) is -0.0905. The van der Waals surface area contributed by atoms with Crippen LogP contribution in [0.15, 0.2) is 243 Å². The first-order valence-corrected chi connectivity index (χ1v) is 21.9. The van der Waals surface area contributed by atoms with Crippen molar-refractivity contribution >= 4 is 32.3 Å². The molecule has 0 aromatic heterocycles. The zero-order valence-electron chi connectivity index (χ0n) is 34.7. The number of hydrogen-bond donors (Lipinski definition) is 0. The summed E-state index contributed by atoms with van der Waals surface area (Å²) >= 11 is 0. The highest BCUT2D eigenvalue weighted by Crippen LogP contribution is 2.51. The van der Waals surface area contributed by atoms with Gasteiger partial charge in [0.2, 0.25) is 0 Å². The normalized spacial score (nSPS) is 14.5. The summed E-state index contributed by atoms with van der Waals surface area (Å²) in [5.74, 6) is 1.04. The molecule has 1 heteroatoms. The van der Waals surface area contributed by atoms with Crippen LogP contribution in [0.2, 0.25) is 0 Å². The van der Waals surface area contributed by atoms with Crippen LogP contribution in [0.1, 0.15) is 28.7 Å². The van der Waals surface area contributed by atoms with Crippen molar-refractivity contribution in [3.63, 3.8) is 0 Å². The Kier molecular flexibility index (Phi) is 9.04. The third kappa shape index (κ3) is 6.49. The van der Waals surface area contributed by atoms with Gasteiger partial charge >= 0.3 is 0 Å². The van der Waals surface area contributed by atoms with E-state index in [2.05, 4.69) is 243 Å². The average Bonchev–Trinajstić information content (AvgIpc) is 3.75. The molecule has 1 aliphatic heterocycles. The van der Waals surface area contributed by atoms with Crippen LogP contribution in [0.5, 0.6) is 5.75 Å². The lowest BCUT2D eigenvalue weighted by atomic mass is 9.83. The molecule has 0 radical (unpaired) electrons. The van der Waals surface area contributed by atoms with Crippen LogP contribution < -0.4 is 4.74 Å². The fraction of sp³-hybridized carbons (Fsp3) is 0.0323. The van der Waals surface area contributed by atoms with E-state index < -0.39 is 0 Å². The minimum absolute atomic E-state index is 0.0885. The second-order valence-corrected chi connectivity index (χ2v) is 16.7. The molecule has 2 unspecified atom stereocenters. The van der Waals surface area contributed by atoms with E-state index in [1.54, 1.807) is 0 Å². The van der Waals surface area contributed by atoms with Crippen LogP contribution in [0.3, 0.4) is 0 Å². The minimum Gasteiger partial charge on any atom is -0.484 e. The predicted molar refractivity (Wildman–Crippen MR) is 264 cm³/mol. The summed E-state index contributed by atoms with van der Waals surface area (Å²) in [6.45, 7) is 0. The van der Waals surface area contributed by atoms with Crippen LogP contribution in [0.25, 0.3) is 88.0 Å². The van der Waals surface area contributed by atoms with Crippen LogP contribution in [0.4, 0.5) is 0 Å². The Morgan fingerprint density at radius 2 is 0.794 bits per heavy atom. The van der Waals surface area contributed by atoms with Crippen molar-refractivity contribution in [3.05, 3.63) is 259 Å². The molecule has 11 aromatic carbocycles. The number of fused-ring (bicyclic) bond motifs is 4. The highest BCUT2D eigenvalue weighted by Gasteiger charge is 2.37. The van der Waals surface area contributed by atoms with Crippen LogP contribution >= 0.6 is 0 Å². The number of hydrogen-bond acceptors (Lipinski definition) is 1. The lowest BCUT2D eigenvalue weighted by Gasteiger charge is -2.20. The van der Waals surface area contributed by atoms with Crippen molar-refractivity contribution in [2.75, 3.05) is 0 Å². The fourth-order valence-corrected chi connectivity index (χ4v) is 10.1. The maximum atomic E-state index is 6.74. The van der Waals surface area contributed by atoms with E-state index in [0.717, 1.165) is 5.75 Å². The molecule has 0 saturated carbocycles. The first-order chi connectivity index (χ1) is 31.2. The molecule has 1 aliphatic rings. The Balaban J connectivity index is 1.00. The van der Waals surface area contributed by atoms with E-state index in [0.29, 0.717) is 0 Å². The second-order valence-electron chi connectivity index (χ2n) is 16.7. The quantitative estimate of drug-likeness (QED) is 0.146. The van der Waals surface area contributed by atoms with Crippen LogP contribution in [-0.4, -0.2) is 0 Å². The predicted octanol–water partition coefficient (Wildman–Crippen LogP) is 16.7. The standard InChI is InChI=1S/C62H42O/c1-4-16-41(17-5-1)47-34-36-55-56(39-47)59(53-27-12-13-28-54(53)60(55)50-25-14-24-49(38-50)52-29-15-23-43-18-10-11-26-51(43)52)45-32-30-42(31-33-45)48-35-37-58-57(40-48)61(44-19-6-2-7-20-44)62(63-58)46-21-8-3-9-22-46/h1-40,61-62H. The molecule has 1 heterocycles. The van der Waals surface area contributed by atoms with Gasteiger partial charge in [-0.1, -0.05) is 218 Å². The van der Waals surface area contributed by atoms with Crippen molar-refractivity contribution in [2.24, 2.45) is 0 Å². The number of rotatable bonds is 7. The summed E-state index contributed by atoms with van der Waals surface area (Å²) in [6, 6.07) is 88.6. The zero-order chi connectivity index (χ0) is 41.7. The molecule has 11 aromatic rings. The average molecular weight is 803 g/mol. The van der Waals surface area contributed by atoms with Gasteiger partial charge in [0, 0.05) is 5.56 Å². The Hall–Kier alpha value is -8.00. The number of ether oxygens (including phenoxy) is 1. The zero-order valence-corrected chi connectivity index (χ0v) is 34.7. The van der Waals surface area contributed by atoms with E-state index in [4.69, 9.17) is 4.74 Å². The first kappa shape index (κ1) is 36.8. The molecule has 0 bridgehead atoms. The molecule has 296 valence electrons. The van der Waals surface area contributed by atoms with E-state index in [1.807, 2.05) is 0 Å². The summed E-state index contributed by atoms with van der Waals surface area (Å²) in [5.41, 5.74) is 15.8. The molecule has 0 spiro atoms. The van der Waals surface area contributed by atoms with Crippen LogP contribution in [0, 0.1) is 0 Å². The fourth-order valence-electron chi connectivity index (χ4n) is 10.1. The maximum Gasteiger partial charge on any atom is 0.135 e. The SMILES string of the molecule is c1ccc(-c2ccc3c(-c4cccc(-c5cccc6ccccc56)c4)c4ccccc4c(-c4ccc(-c5ccc6c(c5)C(c5ccccc5)C(c5ccccc5)O6)cc4)c3c2)cc1. The van der Waals surface area contributed by atoms with E-state index in [-0.39, 0.29) is 12.0 Å². The summed E-state index contributed by atoms with van der Waals surface area (Å²) in [7, 11) is 0. The largest absolute Gasteiger partial charge is 0.484 e. The van der Waals surface area contributed by atoms with Gasteiger partial charge in [-0.25, -0.2) is 0 Å². The van der Waals surface area contributed by atoms with Gasteiger partial charge in [0.1, 0.15) is 11.9 Å². The van der Waals surface area contributed by atoms with Crippen molar-refractivity contribution in [3.8, 4) is 61.4 Å². The summed E-state index contributed by atoms with van der Waals surface area (Å²) < 4.78 is 6.74. The van der Waals surface area contributed by atoms with Gasteiger partial charge in [-0.05, 0) is 123 Å². The second kappa shape index (κ2) is 15.5. The van der Waals surface area contributed by atoms with Gasteiger partial charge in [-0.15, -0.1) is 0 Å². The molecule has 63 heavy (non-hydrogen) atoms. The van der Waals surface area contributed by atoms with E-state index >= 15 is 0 Å².